The van der Waals surface area contributed by atoms with Crippen molar-refractivity contribution in [3.05, 3.63) is 6.33 Å². The summed E-state index contributed by atoms with van der Waals surface area (Å²) in [7, 11) is 3.44. The fraction of sp³-hybridized carbons (Fsp3) is 0.714. The molecule has 1 aliphatic rings. The second-order valence-electron chi connectivity index (χ2n) is 5.04. The Bertz CT molecular complexity index is 422. The molecule has 0 aliphatic heterocycles. The van der Waals surface area contributed by atoms with Gasteiger partial charge in [0.25, 0.3) is 0 Å². The number of nitrogens with zero attached hydrogens (tertiary/aromatic N) is 3. The normalized spacial score (nSPS) is 15.9. The number of rotatable bonds is 6. The Morgan fingerprint density at radius 2 is 2.10 bits per heavy atom. The van der Waals surface area contributed by atoms with Gasteiger partial charge in [0.15, 0.2) is 11.6 Å². The van der Waals surface area contributed by atoms with E-state index in [2.05, 4.69) is 20.2 Å². The summed E-state index contributed by atoms with van der Waals surface area (Å²) < 4.78 is 5.47. The predicted octanol–water partition coefficient (Wildman–Crippen LogP) is 1.66. The lowest BCUT2D eigenvalue weighted by molar-refractivity contribution is 0.288. The molecule has 0 bridgehead atoms. The van der Waals surface area contributed by atoms with Crippen LogP contribution in [0.15, 0.2) is 6.33 Å². The quantitative estimate of drug-likeness (QED) is 0.826. The summed E-state index contributed by atoms with van der Waals surface area (Å²) in [4.78, 5) is 10.7. The number of methoxy groups -OCH3 is 1. The van der Waals surface area contributed by atoms with E-state index in [9.17, 15) is 5.11 Å². The van der Waals surface area contributed by atoms with Gasteiger partial charge in [-0.05, 0) is 12.8 Å². The van der Waals surface area contributed by atoms with E-state index >= 15 is 0 Å². The Morgan fingerprint density at radius 1 is 1.35 bits per heavy atom. The third kappa shape index (κ3) is 3.12. The highest BCUT2D eigenvalue weighted by Gasteiger charge is 2.25. The molecule has 2 rings (SSSR count). The molecule has 2 N–H and O–H groups in total. The first-order valence-corrected chi connectivity index (χ1v) is 7.26. The molecule has 1 saturated carbocycles. The van der Waals surface area contributed by atoms with Gasteiger partial charge in [0.1, 0.15) is 6.33 Å². The van der Waals surface area contributed by atoms with Gasteiger partial charge in [0.2, 0.25) is 5.75 Å². The Morgan fingerprint density at radius 3 is 2.70 bits per heavy atom. The van der Waals surface area contributed by atoms with Crippen molar-refractivity contribution in [3.8, 4) is 5.75 Å². The lowest BCUT2D eigenvalue weighted by Crippen LogP contribution is -2.39. The van der Waals surface area contributed by atoms with E-state index in [1.807, 2.05) is 7.05 Å². The average Bonchev–Trinajstić information content (AvgIpc) is 2.52. The van der Waals surface area contributed by atoms with Crippen LogP contribution in [0.2, 0.25) is 0 Å². The van der Waals surface area contributed by atoms with E-state index in [1.165, 1.54) is 25.6 Å². The highest BCUT2D eigenvalue weighted by molar-refractivity contribution is 5.65. The summed E-state index contributed by atoms with van der Waals surface area (Å²) in [6.07, 6.45) is 7.59. The van der Waals surface area contributed by atoms with E-state index in [-0.39, 0.29) is 6.61 Å². The molecule has 0 radical (unpaired) electrons. The van der Waals surface area contributed by atoms with Crippen molar-refractivity contribution in [2.24, 2.45) is 0 Å². The zero-order chi connectivity index (χ0) is 14.4. The molecule has 1 aromatic rings. The SMILES string of the molecule is CNc1ncnc(N(CCO)C2CCCCC2)c1OC. The van der Waals surface area contributed by atoms with Crippen LogP contribution in [0.5, 0.6) is 5.75 Å². The predicted molar refractivity (Wildman–Crippen MR) is 79.4 cm³/mol. The molecule has 6 heteroatoms. The van der Waals surface area contributed by atoms with Gasteiger partial charge in [0.05, 0.1) is 13.7 Å². The van der Waals surface area contributed by atoms with Gasteiger partial charge >= 0.3 is 0 Å². The number of aliphatic hydroxyl groups excluding tert-OH is 1. The van der Waals surface area contributed by atoms with Crippen LogP contribution in [0.25, 0.3) is 0 Å². The molecule has 6 nitrogen and oxygen atoms in total. The van der Waals surface area contributed by atoms with Crippen LogP contribution in [0, 0.1) is 0 Å². The van der Waals surface area contributed by atoms with Gasteiger partial charge in [-0.15, -0.1) is 0 Å². The van der Waals surface area contributed by atoms with Crippen molar-refractivity contribution in [2.75, 3.05) is 37.5 Å². The molecule has 0 saturated heterocycles. The van der Waals surface area contributed by atoms with Crippen LogP contribution < -0.4 is 15.0 Å². The van der Waals surface area contributed by atoms with Crippen LogP contribution in [0.1, 0.15) is 32.1 Å². The zero-order valence-corrected chi connectivity index (χ0v) is 12.3. The lowest BCUT2D eigenvalue weighted by atomic mass is 9.94. The fourth-order valence-corrected chi connectivity index (χ4v) is 2.90. The average molecular weight is 280 g/mol. The molecule has 1 aromatic heterocycles. The molecule has 1 fully saturated rings. The van der Waals surface area contributed by atoms with Gasteiger partial charge < -0.3 is 20.1 Å². The Balaban J connectivity index is 2.32. The van der Waals surface area contributed by atoms with Gasteiger partial charge in [-0.2, -0.15) is 0 Å². The van der Waals surface area contributed by atoms with Crippen molar-refractivity contribution in [1.82, 2.24) is 9.97 Å². The van der Waals surface area contributed by atoms with Crippen LogP contribution in [-0.4, -0.2) is 48.4 Å². The molecule has 0 unspecified atom stereocenters. The molecule has 0 atom stereocenters. The molecular weight excluding hydrogens is 256 g/mol. The van der Waals surface area contributed by atoms with E-state index in [0.717, 1.165) is 18.7 Å². The van der Waals surface area contributed by atoms with Crippen molar-refractivity contribution in [2.45, 2.75) is 38.1 Å². The summed E-state index contributed by atoms with van der Waals surface area (Å²) in [6.45, 7) is 0.680. The molecule has 0 amide bonds. The number of hydrogen-bond acceptors (Lipinski definition) is 6. The van der Waals surface area contributed by atoms with Crippen LogP contribution in [0.3, 0.4) is 0 Å². The number of aromatic nitrogens is 2. The maximum atomic E-state index is 9.38. The van der Waals surface area contributed by atoms with Crippen molar-refractivity contribution in [1.29, 1.82) is 0 Å². The molecule has 0 aromatic carbocycles. The topological polar surface area (TPSA) is 70.5 Å². The monoisotopic (exact) mass is 280 g/mol. The zero-order valence-electron chi connectivity index (χ0n) is 12.3. The summed E-state index contributed by atoms with van der Waals surface area (Å²) in [5.41, 5.74) is 0. The van der Waals surface area contributed by atoms with E-state index in [1.54, 1.807) is 7.11 Å². The maximum Gasteiger partial charge on any atom is 0.204 e. The van der Waals surface area contributed by atoms with Crippen molar-refractivity contribution in [3.63, 3.8) is 0 Å². The van der Waals surface area contributed by atoms with Crippen molar-refractivity contribution < 1.29 is 9.84 Å². The molecule has 1 aliphatic carbocycles. The first-order valence-electron chi connectivity index (χ1n) is 7.26. The highest BCUT2D eigenvalue weighted by atomic mass is 16.5. The van der Waals surface area contributed by atoms with Crippen molar-refractivity contribution >= 4 is 11.6 Å². The van der Waals surface area contributed by atoms with E-state index in [0.29, 0.717) is 24.2 Å². The molecule has 0 spiro atoms. The number of ether oxygens (including phenoxy) is 1. The summed E-state index contributed by atoms with van der Waals surface area (Å²) in [6, 6.07) is 0.421. The summed E-state index contributed by atoms with van der Waals surface area (Å²) >= 11 is 0. The van der Waals surface area contributed by atoms with E-state index in [4.69, 9.17) is 4.74 Å². The second kappa shape index (κ2) is 7.28. The Kier molecular flexibility index (Phi) is 5.40. The maximum absolute atomic E-state index is 9.38. The minimum atomic E-state index is 0.110. The highest BCUT2D eigenvalue weighted by Crippen LogP contribution is 2.35. The third-order valence-corrected chi connectivity index (χ3v) is 3.85. The molecular formula is C14H24N4O2. The minimum absolute atomic E-state index is 0.110. The Hall–Kier alpha value is -1.56. The standard InChI is InChI=1S/C14H24N4O2/c1-15-13-12(20-2)14(17-10-16-13)18(8-9-19)11-6-4-3-5-7-11/h10-11,19H,3-9H2,1-2H3,(H,15,16,17). The summed E-state index contributed by atoms with van der Waals surface area (Å²) in [5.74, 6) is 2.10. The molecule has 112 valence electrons. The largest absolute Gasteiger partial charge is 0.490 e. The third-order valence-electron chi connectivity index (χ3n) is 3.85. The van der Waals surface area contributed by atoms with Crippen LogP contribution in [0.4, 0.5) is 11.6 Å². The second-order valence-corrected chi connectivity index (χ2v) is 5.04. The number of hydrogen-bond donors (Lipinski definition) is 2. The smallest absolute Gasteiger partial charge is 0.204 e. The number of nitrogens with one attached hydrogen (secondary N) is 1. The molecule has 20 heavy (non-hydrogen) atoms. The lowest BCUT2D eigenvalue weighted by Gasteiger charge is -2.35. The Labute approximate surface area is 120 Å². The van der Waals surface area contributed by atoms with Gasteiger partial charge in [0, 0.05) is 19.6 Å². The number of anilines is 2. The van der Waals surface area contributed by atoms with Gasteiger partial charge in [-0.3, -0.25) is 0 Å². The first kappa shape index (κ1) is 14.8. The van der Waals surface area contributed by atoms with Gasteiger partial charge in [-0.1, -0.05) is 19.3 Å². The number of aliphatic hydroxyl groups is 1. The van der Waals surface area contributed by atoms with E-state index < -0.39 is 0 Å². The van der Waals surface area contributed by atoms with Gasteiger partial charge in [-0.25, -0.2) is 9.97 Å². The fourth-order valence-electron chi connectivity index (χ4n) is 2.90. The molecule has 1 heterocycles. The first-order chi connectivity index (χ1) is 9.81. The van der Waals surface area contributed by atoms with Crippen LogP contribution in [-0.2, 0) is 0 Å². The summed E-state index contributed by atoms with van der Waals surface area (Å²) in [5, 5.41) is 12.4. The van der Waals surface area contributed by atoms with Crippen LogP contribution >= 0.6 is 0 Å². The minimum Gasteiger partial charge on any atom is -0.490 e.